The number of rotatable bonds is 2. The second kappa shape index (κ2) is 9.65. The van der Waals surface area contributed by atoms with Gasteiger partial charge in [0.05, 0.1) is 13.2 Å². The van der Waals surface area contributed by atoms with Gasteiger partial charge in [0.15, 0.2) is 0 Å². The maximum atomic E-state index is 8.32. The van der Waals surface area contributed by atoms with Gasteiger partial charge in [-0.2, -0.15) is 0 Å². The molecule has 74 valence electrons. The molecule has 0 heterocycles. The summed E-state index contributed by atoms with van der Waals surface area (Å²) in [5.74, 6) is 1.25. The molecule has 0 amide bonds. The van der Waals surface area contributed by atoms with Crippen molar-refractivity contribution in [2.24, 2.45) is 0 Å². The van der Waals surface area contributed by atoms with Gasteiger partial charge in [-0.1, -0.05) is 0 Å². The van der Waals surface area contributed by atoms with Crippen LogP contribution in [-0.2, 0) is 17.1 Å². The van der Waals surface area contributed by atoms with Gasteiger partial charge in [-0.25, -0.2) is 0 Å². The van der Waals surface area contributed by atoms with Crippen molar-refractivity contribution >= 4 is 0 Å². The first-order chi connectivity index (χ1) is 6.86. The van der Waals surface area contributed by atoms with E-state index in [0.717, 1.165) is 0 Å². The first kappa shape index (κ1) is 15.4. The summed E-state index contributed by atoms with van der Waals surface area (Å²) in [5.41, 5.74) is 0. The molecule has 0 aromatic heterocycles. The number of aliphatic hydroxyl groups excluding tert-OH is 2. The molecule has 0 aromatic rings. The largest absolute Gasteiger partial charge is 0.396 e. The summed E-state index contributed by atoms with van der Waals surface area (Å²) in [5, 5.41) is 16.6. The van der Waals surface area contributed by atoms with E-state index in [1.807, 2.05) is 0 Å². The molecule has 2 N–H and O–H groups in total. The molecule has 18 radical (unpaired) electrons. The third kappa shape index (κ3) is 6.57. The van der Waals surface area contributed by atoms with Crippen LogP contribution in [0.2, 0.25) is 0 Å². The van der Waals surface area contributed by atoms with Crippen LogP contribution < -0.4 is 0 Å². The third-order valence-corrected chi connectivity index (χ3v) is 1.29. The molecule has 2 rings (SSSR count). The summed E-state index contributed by atoms with van der Waals surface area (Å²) in [6, 6.07) is 0. The molecular formula is C12H6FeO2. The van der Waals surface area contributed by atoms with Gasteiger partial charge in [0, 0.05) is 80.3 Å². The maximum Gasteiger partial charge on any atom is 0.0506 e. The Kier molecular flexibility index (Phi) is 9.93. The zero-order valence-electron chi connectivity index (χ0n) is 7.66. The molecule has 2 aliphatic carbocycles. The van der Waals surface area contributed by atoms with Gasteiger partial charge in [-0.3, -0.25) is 0 Å². The topological polar surface area (TPSA) is 40.5 Å². The summed E-state index contributed by atoms with van der Waals surface area (Å²) >= 11 is 0. The molecule has 2 fully saturated rings. The molecule has 3 heteroatoms. The Morgan fingerprint density at radius 2 is 0.933 bits per heavy atom. The predicted molar refractivity (Wildman–Crippen MR) is 46.6 cm³/mol. The Bertz CT molecular complexity index is 114. The van der Waals surface area contributed by atoms with Gasteiger partial charge in [-0.05, 0) is 0 Å². The number of hydrogen-bond acceptors (Lipinski definition) is 2. The van der Waals surface area contributed by atoms with Gasteiger partial charge < -0.3 is 10.2 Å². The van der Waals surface area contributed by atoms with E-state index in [2.05, 4.69) is 51.4 Å². The van der Waals surface area contributed by atoms with Gasteiger partial charge >= 0.3 is 0 Å². The van der Waals surface area contributed by atoms with Crippen molar-refractivity contribution in [1.82, 2.24) is 0 Å². The van der Waals surface area contributed by atoms with Gasteiger partial charge in [0.1, 0.15) is 0 Å². The summed E-state index contributed by atoms with van der Waals surface area (Å²) in [7, 11) is 0. The van der Waals surface area contributed by atoms with Crippen molar-refractivity contribution in [2.75, 3.05) is 13.2 Å². The van der Waals surface area contributed by atoms with E-state index in [1.165, 1.54) is 0 Å². The van der Waals surface area contributed by atoms with Crippen LogP contribution in [-0.4, -0.2) is 23.4 Å². The smallest absolute Gasteiger partial charge is 0.0506 e. The van der Waals surface area contributed by atoms with E-state index >= 15 is 0 Å². The van der Waals surface area contributed by atoms with Crippen LogP contribution in [0.15, 0.2) is 0 Å². The Morgan fingerprint density at radius 1 is 0.667 bits per heavy atom. The van der Waals surface area contributed by atoms with E-state index in [-0.39, 0.29) is 30.3 Å². The van der Waals surface area contributed by atoms with Crippen molar-refractivity contribution in [2.45, 2.75) is 0 Å². The van der Waals surface area contributed by atoms with Gasteiger partial charge in [-0.15, -0.1) is 0 Å². The van der Waals surface area contributed by atoms with Crippen molar-refractivity contribution in [3.05, 3.63) is 63.2 Å². The summed E-state index contributed by atoms with van der Waals surface area (Å²) in [6.45, 7) is -0.0278. The fourth-order valence-corrected chi connectivity index (χ4v) is 0.647. The molecule has 0 saturated heterocycles. The molecule has 0 aromatic carbocycles. The van der Waals surface area contributed by atoms with Crippen LogP contribution >= 0.6 is 0 Å². The monoisotopic (exact) mass is 238 g/mol. The fourth-order valence-electron chi connectivity index (χ4n) is 0.647. The first-order valence-corrected chi connectivity index (χ1v) is 3.84. The van der Waals surface area contributed by atoms with E-state index < -0.39 is 0 Å². The fraction of sp³-hybridized carbons (Fsp3) is 0.167. The molecule has 15 heavy (non-hydrogen) atoms. The minimum Gasteiger partial charge on any atom is -0.396 e. The number of hydrogen-bond donors (Lipinski definition) is 2. The Labute approximate surface area is 104 Å². The molecule has 0 atom stereocenters. The van der Waals surface area contributed by atoms with E-state index in [4.69, 9.17) is 10.2 Å². The number of aliphatic hydroxyl groups is 2. The Morgan fingerprint density at radius 3 is 1.07 bits per heavy atom. The predicted octanol–water partition coefficient (Wildman–Crippen LogP) is -0.219. The molecule has 2 nitrogen and oxygen atoms in total. The average molecular weight is 238 g/mol. The standard InChI is InChI=1S/2C6H3O.Fe/c2*7-5-6-3-1-2-4-6;/h2*7H,5H2;. The van der Waals surface area contributed by atoms with Crippen LogP contribution in [0.3, 0.4) is 0 Å². The van der Waals surface area contributed by atoms with E-state index in [9.17, 15) is 0 Å². The van der Waals surface area contributed by atoms with E-state index in [0.29, 0.717) is 11.8 Å². The van der Waals surface area contributed by atoms with Crippen LogP contribution in [0.5, 0.6) is 0 Å². The molecule has 0 bridgehead atoms. The van der Waals surface area contributed by atoms with Crippen LogP contribution in [0.25, 0.3) is 0 Å². The maximum absolute atomic E-state index is 8.32. The molecule has 2 saturated carbocycles. The quantitative estimate of drug-likeness (QED) is 0.653. The van der Waals surface area contributed by atoms with Crippen LogP contribution in [0, 0.1) is 63.2 Å². The molecule has 2 aliphatic rings. The zero-order chi connectivity index (χ0) is 10.2. The Balaban J connectivity index is 0.000000245. The zero-order valence-corrected chi connectivity index (χ0v) is 8.77. The minimum atomic E-state index is -0.0139. The molecule has 0 aliphatic heterocycles. The van der Waals surface area contributed by atoms with Crippen molar-refractivity contribution in [3.8, 4) is 0 Å². The summed E-state index contributed by atoms with van der Waals surface area (Å²) in [4.78, 5) is 0. The molecule has 0 unspecified atom stereocenters. The second-order valence-corrected chi connectivity index (χ2v) is 2.27. The van der Waals surface area contributed by atoms with Gasteiger partial charge in [0.25, 0.3) is 0 Å². The molecule has 0 spiro atoms. The normalized spacial score (nSPS) is 22.0. The Hall–Kier alpha value is 0.439. The van der Waals surface area contributed by atoms with Gasteiger partial charge in [0.2, 0.25) is 0 Å². The van der Waals surface area contributed by atoms with Crippen molar-refractivity contribution in [1.29, 1.82) is 0 Å². The summed E-state index contributed by atoms with van der Waals surface area (Å²) < 4.78 is 0. The molecular weight excluding hydrogens is 232 g/mol. The average Bonchev–Trinajstić information content (AvgIpc) is 2.92. The second-order valence-electron chi connectivity index (χ2n) is 2.27. The minimum absolute atomic E-state index is 0. The van der Waals surface area contributed by atoms with Crippen molar-refractivity contribution in [3.63, 3.8) is 0 Å². The van der Waals surface area contributed by atoms with E-state index in [1.54, 1.807) is 0 Å². The first-order valence-electron chi connectivity index (χ1n) is 3.84. The summed E-state index contributed by atoms with van der Waals surface area (Å²) in [6.07, 6.45) is 20.5. The SMILES string of the molecule is OC[C]1[C][C][C][C]1.OC[C]1[C][C][C][C]1.[Fe]. The van der Waals surface area contributed by atoms with Crippen LogP contribution in [0.1, 0.15) is 0 Å². The third-order valence-electron chi connectivity index (χ3n) is 1.29. The van der Waals surface area contributed by atoms with Crippen molar-refractivity contribution < 1.29 is 27.3 Å². The van der Waals surface area contributed by atoms with Crippen LogP contribution in [0.4, 0.5) is 0 Å².